The molecule has 2 N–H and O–H groups in total. The number of carbonyl (C=O) groups excluding carboxylic acids is 1. The molecule has 28 heavy (non-hydrogen) atoms. The summed E-state index contributed by atoms with van der Waals surface area (Å²) in [5.41, 5.74) is -0.00666. The molecule has 0 aromatic heterocycles. The second-order valence-electron chi connectivity index (χ2n) is 7.67. The van der Waals surface area contributed by atoms with Crippen molar-refractivity contribution < 1.29 is 14.6 Å². The summed E-state index contributed by atoms with van der Waals surface area (Å²) in [5.74, 6) is 1.49. The van der Waals surface area contributed by atoms with E-state index in [1.807, 2.05) is 73.6 Å². The summed E-state index contributed by atoms with van der Waals surface area (Å²) in [7, 11) is 3.91. The lowest BCUT2D eigenvalue weighted by Crippen LogP contribution is -2.42. The maximum atomic E-state index is 12.6. The molecule has 1 aliphatic rings. The SMILES string of the molecule is CN(C)CC1(O)CCCN(C(=O)Nc2ccc(Oc3ccccc3)cc2)CC1. The van der Waals surface area contributed by atoms with Gasteiger partial charge in [-0.15, -0.1) is 0 Å². The fraction of sp³-hybridized carbons (Fsp3) is 0.409. The van der Waals surface area contributed by atoms with Crippen LogP contribution < -0.4 is 10.1 Å². The molecule has 2 amide bonds. The Bertz CT molecular complexity index is 764. The van der Waals surface area contributed by atoms with Crippen LogP contribution in [-0.2, 0) is 0 Å². The highest BCUT2D eigenvalue weighted by Gasteiger charge is 2.31. The molecule has 2 aromatic rings. The van der Waals surface area contributed by atoms with Crippen LogP contribution in [0.15, 0.2) is 54.6 Å². The first kappa shape index (κ1) is 20.2. The number of anilines is 1. The number of urea groups is 1. The minimum atomic E-state index is -0.727. The molecule has 0 bridgehead atoms. The van der Waals surface area contributed by atoms with Crippen LogP contribution in [0.2, 0.25) is 0 Å². The molecule has 0 radical (unpaired) electrons. The highest BCUT2D eigenvalue weighted by molar-refractivity contribution is 5.89. The van der Waals surface area contributed by atoms with Crippen LogP contribution in [0.5, 0.6) is 11.5 Å². The summed E-state index contributed by atoms with van der Waals surface area (Å²) in [4.78, 5) is 16.4. The number of nitrogens with one attached hydrogen (secondary N) is 1. The number of benzene rings is 2. The number of hydrogen-bond donors (Lipinski definition) is 2. The Kier molecular flexibility index (Phi) is 6.54. The molecule has 0 saturated carbocycles. The Morgan fingerprint density at radius 2 is 1.75 bits per heavy atom. The van der Waals surface area contributed by atoms with Gasteiger partial charge in [0.05, 0.1) is 5.60 Å². The predicted molar refractivity (Wildman–Crippen MR) is 111 cm³/mol. The van der Waals surface area contributed by atoms with E-state index in [2.05, 4.69) is 5.32 Å². The van der Waals surface area contributed by atoms with Crippen molar-refractivity contribution in [2.45, 2.75) is 24.9 Å². The second kappa shape index (κ2) is 9.08. The lowest BCUT2D eigenvalue weighted by molar-refractivity contribution is 0.00361. The number of para-hydroxylation sites is 1. The molecule has 0 aliphatic carbocycles. The Balaban J connectivity index is 1.54. The molecule has 2 aromatic carbocycles. The van der Waals surface area contributed by atoms with Crippen LogP contribution in [0, 0.1) is 0 Å². The van der Waals surface area contributed by atoms with E-state index in [1.54, 1.807) is 4.90 Å². The number of nitrogens with zero attached hydrogens (tertiary/aromatic N) is 2. The van der Waals surface area contributed by atoms with Crippen LogP contribution in [0.4, 0.5) is 10.5 Å². The molecule has 1 aliphatic heterocycles. The molecule has 1 heterocycles. The number of ether oxygens (including phenoxy) is 1. The number of amides is 2. The second-order valence-corrected chi connectivity index (χ2v) is 7.67. The predicted octanol–water partition coefficient (Wildman–Crippen LogP) is 3.79. The Hall–Kier alpha value is -2.57. The molecule has 1 saturated heterocycles. The fourth-order valence-corrected chi connectivity index (χ4v) is 3.56. The lowest BCUT2D eigenvalue weighted by atomic mass is 9.94. The van der Waals surface area contributed by atoms with Gasteiger partial charge in [-0.1, -0.05) is 18.2 Å². The lowest BCUT2D eigenvalue weighted by Gasteiger charge is -2.29. The van der Waals surface area contributed by atoms with Gasteiger partial charge in [0.25, 0.3) is 0 Å². The van der Waals surface area contributed by atoms with E-state index >= 15 is 0 Å². The van der Waals surface area contributed by atoms with Gasteiger partial charge in [0.1, 0.15) is 11.5 Å². The van der Waals surface area contributed by atoms with Crippen molar-refractivity contribution >= 4 is 11.7 Å². The summed E-state index contributed by atoms with van der Waals surface area (Å²) in [6.45, 7) is 1.81. The maximum Gasteiger partial charge on any atom is 0.321 e. The van der Waals surface area contributed by atoms with E-state index < -0.39 is 5.60 Å². The molecule has 3 rings (SSSR count). The maximum absolute atomic E-state index is 12.6. The van der Waals surface area contributed by atoms with Crippen molar-refractivity contribution in [3.05, 3.63) is 54.6 Å². The Morgan fingerprint density at radius 1 is 1.07 bits per heavy atom. The van der Waals surface area contributed by atoms with E-state index in [-0.39, 0.29) is 6.03 Å². The standard InChI is InChI=1S/C22H29N3O3/c1-24(2)17-22(27)13-6-15-25(16-14-22)21(26)23-18-9-11-20(12-10-18)28-19-7-4-3-5-8-19/h3-5,7-12,27H,6,13-17H2,1-2H3,(H,23,26). The molecule has 6 heteroatoms. The van der Waals surface area contributed by atoms with Crippen LogP contribution in [0.3, 0.4) is 0 Å². The largest absolute Gasteiger partial charge is 0.457 e. The van der Waals surface area contributed by atoms with E-state index in [9.17, 15) is 9.90 Å². The fourth-order valence-electron chi connectivity index (χ4n) is 3.56. The zero-order chi connectivity index (χ0) is 20.0. The van der Waals surface area contributed by atoms with Crippen LogP contribution in [0.1, 0.15) is 19.3 Å². The van der Waals surface area contributed by atoms with Gasteiger partial charge < -0.3 is 25.0 Å². The van der Waals surface area contributed by atoms with Gasteiger partial charge in [0.15, 0.2) is 0 Å². The third-order valence-corrected chi connectivity index (χ3v) is 4.90. The minimum absolute atomic E-state index is 0.133. The van der Waals surface area contributed by atoms with Crippen molar-refractivity contribution in [3.8, 4) is 11.5 Å². The van der Waals surface area contributed by atoms with Crippen LogP contribution in [-0.4, -0.2) is 60.3 Å². The summed E-state index contributed by atoms with van der Waals surface area (Å²) in [6, 6.07) is 16.8. The van der Waals surface area contributed by atoms with Crippen LogP contribution >= 0.6 is 0 Å². The zero-order valence-electron chi connectivity index (χ0n) is 16.6. The Morgan fingerprint density at radius 3 is 2.43 bits per heavy atom. The molecule has 1 unspecified atom stereocenters. The third kappa shape index (κ3) is 5.71. The first-order valence-corrected chi connectivity index (χ1v) is 9.70. The van der Waals surface area contributed by atoms with E-state index in [0.717, 1.165) is 17.9 Å². The average molecular weight is 383 g/mol. The van der Waals surface area contributed by atoms with Crippen molar-refractivity contribution in [2.24, 2.45) is 0 Å². The van der Waals surface area contributed by atoms with Gasteiger partial charge in [-0.05, 0) is 69.8 Å². The number of likely N-dealkylation sites (tertiary alicyclic amines) is 1. The van der Waals surface area contributed by atoms with E-state index in [0.29, 0.717) is 38.2 Å². The monoisotopic (exact) mass is 383 g/mol. The molecular weight excluding hydrogens is 354 g/mol. The topological polar surface area (TPSA) is 65.0 Å². The first-order chi connectivity index (χ1) is 13.4. The van der Waals surface area contributed by atoms with Crippen LogP contribution in [0.25, 0.3) is 0 Å². The van der Waals surface area contributed by atoms with Crippen molar-refractivity contribution in [3.63, 3.8) is 0 Å². The molecule has 0 spiro atoms. The van der Waals surface area contributed by atoms with Gasteiger partial charge in [-0.2, -0.15) is 0 Å². The first-order valence-electron chi connectivity index (χ1n) is 9.70. The van der Waals surface area contributed by atoms with Gasteiger partial charge in [0, 0.05) is 25.3 Å². The smallest absolute Gasteiger partial charge is 0.321 e. The molecular formula is C22H29N3O3. The molecule has 150 valence electrons. The normalized spacial score (nSPS) is 19.9. The van der Waals surface area contributed by atoms with E-state index in [4.69, 9.17) is 4.74 Å². The summed E-state index contributed by atoms with van der Waals surface area (Å²) in [5, 5.41) is 13.7. The van der Waals surface area contributed by atoms with Gasteiger partial charge in [-0.25, -0.2) is 4.79 Å². The Labute approximate surface area is 166 Å². The minimum Gasteiger partial charge on any atom is -0.457 e. The highest BCUT2D eigenvalue weighted by Crippen LogP contribution is 2.25. The van der Waals surface area contributed by atoms with Crippen molar-refractivity contribution in [2.75, 3.05) is 39.0 Å². The molecule has 1 fully saturated rings. The summed E-state index contributed by atoms with van der Waals surface area (Å²) in [6.07, 6.45) is 2.09. The zero-order valence-corrected chi connectivity index (χ0v) is 16.6. The summed E-state index contributed by atoms with van der Waals surface area (Å²) < 4.78 is 5.77. The number of carbonyl (C=O) groups is 1. The third-order valence-electron chi connectivity index (χ3n) is 4.90. The number of aliphatic hydroxyl groups is 1. The van der Waals surface area contributed by atoms with Crippen molar-refractivity contribution in [1.29, 1.82) is 0 Å². The number of hydrogen-bond acceptors (Lipinski definition) is 4. The summed E-state index contributed by atoms with van der Waals surface area (Å²) >= 11 is 0. The number of likely N-dealkylation sites (N-methyl/N-ethyl adjacent to an activating group) is 1. The number of rotatable bonds is 5. The van der Waals surface area contributed by atoms with Crippen molar-refractivity contribution in [1.82, 2.24) is 9.80 Å². The van der Waals surface area contributed by atoms with Gasteiger partial charge >= 0.3 is 6.03 Å². The highest BCUT2D eigenvalue weighted by atomic mass is 16.5. The quantitative estimate of drug-likeness (QED) is 0.825. The van der Waals surface area contributed by atoms with Gasteiger partial charge in [0.2, 0.25) is 0 Å². The van der Waals surface area contributed by atoms with Gasteiger partial charge in [-0.3, -0.25) is 0 Å². The average Bonchev–Trinajstić information content (AvgIpc) is 2.85. The molecule has 6 nitrogen and oxygen atoms in total. The van der Waals surface area contributed by atoms with E-state index in [1.165, 1.54) is 0 Å². The molecule has 1 atom stereocenters.